The van der Waals surface area contributed by atoms with E-state index >= 15 is 0 Å². The fourth-order valence-electron chi connectivity index (χ4n) is 2.46. The van der Waals surface area contributed by atoms with E-state index in [9.17, 15) is 19.7 Å². The SMILES string of the molecule is CC1(C)COc2cc(NC(=O)c3ccccc3[N+](=O)[O-])ccc2NC1=O. The highest BCUT2D eigenvalue weighted by molar-refractivity contribution is 6.07. The van der Waals surface area contributed by atoms with E-state index in [4.69, 9.17) is 4.74 Å². The maximum atomic E-state index is 12.4. The number of amides is 2. The van der Waals surface area contributed by atoms with Crippen molar-refractivity contribution < 1.29 is 19.2 Å². The number of hydrogen-bond donors (Lipinski definition) is 2. The molecule has 8 heteroatoms. The van der Waals surface area contributed by atoms with E-state index in [-0.39, 0.29) is 23.8 Å². The Kier molecular flexibility index (Phi) is 4.33. The van der Waals surface area contributed by atoms with Crippen molar-refractivity contribution in [3.05, 3.63) is 58.1 Å². The summed E-state index contributed by atoms with van der Waals surface area (Å²) in [7, 11) is 0. The predicted octanol–water partition coefficient (Wildman–Crippen LogP) is 3.20. The molecule has 1 aliphatic rings. The molecule has 0 spiro atoms. The van der Waals surface area contributed by atoms with E-state index in [0.717, 1.165) is 0 Å². The Balaban J connectivity index is 1.85. The molecule has 1 aliphatic heterocycles. The van der Waals surface area contributed by atoms with Gasteiger partial charge < -0.3 is 15.4 Å². The van der Waals surface area contributed by atoms with Crippen LogP contribution in [-0.4, -0.2) is 23.3 Å². The van der Waals surface area contributed by atoms with Crippen molar-refractivity contribution in [2.24, 2.45) is 5.41 Å². The summed E-state index contributed by atoms with van der Waals surface area (Å²) < 4.78 is 5.68. The molecule has 134 valence electrons. The molecule has 1 heterocycles. The Labute approximate surface area is 149 Å². The maximum absolute atomic E-state index is 12.4. The van der Waals surface area contributed by atoms with Gasteiger partial charge in [-0.3, -0.25) is 19.7 Å². The predicted molar refractivity (Wildman–Crippen MR) is 95.4 cm³/mol. The lowest BCUT2D eigenvalue weighted by atomic mass is 9.94. The number of ether oxygens (including phenoxy) is 1. The minimum atomic E-state index is -0.687. The molecule has 0 aliphatic carbocycles. The number of anilines is 2. The topological polar surface area (TPSA) is 111 Å². The number of hydrogen-bond acceptors (Lipinski definition) is 5. The van der Waals surface area contributed by atoms with Gasteiger partial charge in [-0.05, 0) is 32.0 Å². The fraction of sp³-hybridized carbons (Fsp3) is 0.222. The van der Waals surface area contributed by atoms with Crippen LogP contribution in [0.4, 0.5) is 17.1 Å². The van der Waals surface area contributed by atoms with Crippen LogP contribution in [0.25, 0.3) is 0 Å². The number of carbonyl (C=O) groups excluding carboxylic acids is 2. The van der Waals surface area contributed by atoms with Gasteiger partial charge in [-0.25, -0.2) is 0 Å². The molecular formula is C18H17N3O5. The quantitative estimate of drug-likeness (QED) is 0.649. The standard InChI is InChI=1S/C18H17N3O5/c1-18(2)10-26-15-9-11(7-8-13(15)20-17(18)23)19-16(22)12-5-3-4-6-14(12)21(24)25/h3-9H,10H2,1-2H3,(H,19,22)(H,20,23). The average molecular weight is 355 g/mol. The van der Waals surface area contributed by atoms with Gasteiger partial charge in [0.1, 0.15) is 17.9 Å². The van der Waals surface area contributed by atoms with E-state index in [1.807, 2.05) is 0 Å². The first-order chi connectivity index (χ1) is 12.3. The number of carbonyl (C=O) groups is 2. The first kappa shape index (κ1) is 17.4. The van der Waals surface area contributed by atoms with Crippen LogP contribution in [0.15, 0.2) is 42.5 Å². The molecule has 26 heavy (non-hydrogen) atoms. The molecule has 2 aromatic carbocycles. The molecular weight excluding hydrogens is 338 g/mol. The minimum absolute atomic E-state index is 0.0391. The molecule has 2 N–H and O–H groups in total. The fourth-order valence-corrected chi connectivity index (χ4v) is 2.46. The molecule has 0 saturated carbocycles. The first-order valence-electron chi connectivity index (χ1n) is 7.91. The van der Waals surface area contributed by atoms with Crippen molar-refractivity contribution in [1.82, 2.24) is 0 Å². The number of para-hydroxylation sites is 1. The number of nitro benzene ring substituents is 1. The first-order valence-corrected chi connectivity index (χ1v) is 7.91. The summed E-state index contributed by atoms with van der Waals surface area (Å²) in [5, 5.41) is 16.5. The Morgan fingerprint density at radius 2 is 2.00 bits per heavy atom. The summed E-state index contributed by atoms with van der Waals surface area (Å²) in [4.78, 5) is 35.0. The smallest absolute Gasteiger partial charge is 0.282 e. The lowest BCUT2D eigenvalue weighted by Crippen LogP contribution is -2.33. The molecule has 0 bridgehead atoms. The van der Waals surface area contributed by atoms with Crippen molar-refractivity contribution in [2.45, 2.75) is 13.8 Å². The third-order valence-electron chi connectivity index (χ3n) is 4.04. The molecule has 0 fully saturated rings. The molecule has 0 unspecified atom stereocenters. The molecule has 2 aromatic rings. The number of rotatable bonds is 3. The van der Waals surface area contributed by atoms with Crippen LogP contribution < -0.4 is 15.4 Å². The molecule has 3 rings (SSSR count). The Bertz CT molecular complexity index is 907. The Morgan fingerprint density at radius 1 is 1.27 bits per heavy atom. The zero-order chi connectivity index (χ0) is 18.9. The summed E-state index contributed by atoms with van der Waals surface area (Å²) in [6.45, 7) is 3.73. The molecule has 8 nitrogen and oxygen atoms in total. The number of nitrogens with one attached hydrogen (secondary N) is 2. The number of nitrogens with zero attached hydrogens (tertiary/aromatic N) is 1. The van der Waals surface area contributed by atoms with Gasteiger partial charge >= 0.3 is 0 Å². The highest BCUT2D eigenvalue weighted by Crippen LogP contribution is 2.34. The van der Waals surface area contributed by atoms with Gasteiger partial charge in [-0.1, -0.05) is 12.1 Å². The maximum Gasteiger partial charge on any atom is 0.282 e. The van der Waals surface area contributed by atoms with Gasteiger partial charge in [0.05, 0.1) is 16.0 Å². The average Bonchev–Trinajstić information content (AvgIpc) is 2.71. The lowest BCUT2D eigenvalue weighted by Gasteiger charge is -2.18. The van der Waals surface area contributed by atoms with Crippen LogP contribution in [0.1, 0.15) is 24.2 Å². The second-order valence-corrected chi connectivity index (χ2v) is 6.57. The third kappa shape index (κ3) is 3.34. The zero-order valence-electron chi connectivity index (χ0n) is 14.2. The summed E-state index contributed by atoms with van der Waals surface area (Å²) in [5.41, 5.74) is -0.0921. The van der Waals surface area contributed by atoms with Crippen LogP contribution in [0, 0.1) is 15.5 Å². The van der Waals surface area contributed by atoms with Crippen LogP contribution in [0.2, 0.25) is 0 Å². The number of nitro groups is 1. The molecule has 0 atom stereocenters. The second kappa shape index (κ2) is 6.47. The van der Waals surface area contributed by atoms with E-state index in [2.05, 4.69) is 10.6 Å². The monoisotopic (exact) mass is 355 g/mol. The van der Waals surface area contributed by atoms with Gasteiger partial charge in [0.15, 0.2) is 0 Å². The van der Waals surface area contributed by atoms with Crippen molar-refractivity contribution in [1.29, 1.82) is 0 Å². The molecule has 2 amide bonds. The molecule has 0 saturated heterocycles. The van der Waals surface area contributed by atoms with Gasteiger partial charge in [0.25, 0.3) is 11.6 Å². The van der Waals surface area contributed by atoms with E-state index in [0.29, 0.717) is 17.1 Å². The van der Waals surface area contributed by atoms with Crippen LogP contribution in [0.5, 0.6) is 5.75 Å². The summed E-state index contributed by atoms with van der Waals surface area (Å²) >= 11 is 0. The van der Waals surface area contributed by atoms with Gasteiger partial charge in [-0.2, -0.15) is 0 Å². The van der Waals surface area contributed by atoms with Crippen molar-refractivity contribution in [2.75, 3.05) is 17.2 Å². The van der Waals surface area contributed by atoms with E-state index < -0.39 is 16.2 Å². The third-order valence-corrected chi connectivity index (χ3v) is 4.04. The van der Waals surface area contributed by atoms with Gasteiger partial charge in [-0.15, -0.1) is 0 Å². The second-order valence-electron chi connectivity index (χ2n) is 6.57. The van der Waals surface area contributed by atoms with Crippen LogP contribution in [-0.2, 0) is 4.79 Å². The van der Waals surface area contributed by atoms with E-state index in [1.165, 1.54) is 18.2 Å². The number of benzene rings is 2. The normalized spacial score (nSPS) is 15.1. The largest absolute Gasteiger partial charge is 0.490 e. The summed E-state index contributed by atoms with van der Waals surface area (Å²) in [5.74, 6) is -0.340. The van der Waals surface area contributed by atoms with Crippen LogP contribution in [0.3, 0.4) is 0 Å². The Hall–Kier alpha value is -3.42. The van der Waals surface area contributed by atoms with Gasteiger partial charge in [0, 0.05) is 17.8 Å². The van der Waals surface area contributed by atoms with Crippen molar-refractivity contribution >= 4 is 28.9 Å². The Morgan fingerprint density at radius 3 is 2.73 bits per heavy atom. The van der Waals surface area contributed by atoms with Gasteiger partial charge in [0.2, 0.25) is 5.91 Å². The summed E-state index contributed by atoms with van der Waals surface area (Å²) in [6.07, 6.45) is 0. The van der Waals surface area contributed by atoms with Crippen molar-refractivity contribution in [3.8, 4) is 5.75 Å². The molecule has 0 aromatic heterocycles. The van der Waals surface area contributed by atoms with E-state index in [1.54, 1.807) is 38.1 Å². The zero-order valence-corrected chi connectivity index (χ0v) is 14.2. The summed E-state index contributed by atoms with van der Waals surface area (Å²) in [6, 6.07) is 10.5. The molecule has 0 radical (unpaired) electrons. The minimum Gasteiger partial charge on any atom is -0.490 e. The lowest BCUT2D eigenvalue weighted by molar-refractivity contribution is -0.385. The number of fused-ring (bicyclic) bond motifs is 1. The highest BCUT2D eigenvalue weighted by atomic mass is 16.6. The highest BCUT2D eigenvalue weighted by Gasteiger charge is 2.32. The van der Waals surface area contributed by atoms with Crippen molar-refractivity contribution in [3.63, 3.8) is 0 Å². The van der Waals surface area contributed by atoms with Crippen LogP contribution >= 0.6 is 0 Å².